The monoisotopic (exact) mass is 357 g/mol. The van der Waals surface area contributed by atoms with Crippen molar-refractivity contribution < 1.29 is 9.47 Å². The zero-order valence-electron chi connectivity index (χ0n) is 14.9. The van der Waals surface area contributed by atoms with Crippen molar-refractivity contribution in [3.05, 3.63) is 78.6 Å². The second-order valence-electron chi connectivity index (χ2n) is 6.11. The van der Waals surface area contributed by atoms with Crippen LogP contribution < -0.4 is 15.2 Å². The normalized spacial score (nSPS) is 10.7. The van der Waals surface area contributed by atoms with E-state index in [2.05, 4.69) is 16.9 Å². The maximum Gasteiger partial charge on any atom is 0.249 e. The molecule has 2 N–H and O–H groups in total. The van der Waals surface area contributed by atoms with E-state index in [-0.39, 0.29) is 17.4 Å². The van der Waals surface area contributed by atoms with Crippen LogP contribution in [0.3, 0.4) is 0 Å². The van der Waals surface area contributed by atoms with Crippen molar-refractivity contribution in [3.8, 4) is 23.3 Å². The van der Waals surface area contributed by atoms with E-state index in [0.29, 0.717) is 11.5 Å². The number of nitrogens with zero attached hydrogens (tertiary/aromatic N) is 2. The molecule has 27 heavy (non-hydrogen) atoms. The van der Waals surface area contributed by atoms with Crippen LogP contribution in [-0.4, -0.2) is 9.97 Å². The summed E-state index contributed by atoms with van der Waals surface area (Å²) in [6.07, 6.45) is 2.35. The van der Waals surface area contributed by atoms with E-state index in [1.807, 2.05) is 66.7 Å². The van der Waals surface area contributed by atoms with Crippen LogP contribution >= 0.6 is 0 Å². The molecule has 0 unspecified atom stereocenters. The van der Waals surface area contributed by atoms with Gasteiger partial charge in [-0.25, -0.2) is 0 Å². The summed E-state index contributed by atoms with van der Waals surface area (Å²) in [5, 5.41) is 2.22. The molecular weight excluding hydrogens is 338 g/mol. The number of hydrogen-bond acceptors (Lipinski definition) is 5. The van der Waals surface area contributed by atoms with E-state index < -0.39 is 0 Å². The average Bonchev–Trinajstić information content (AvgIpc) is 2.71. The molecule has 0 saturated heterocycles. The van der Waals surface area contributed by atoms with E-state index in [0.717, 1.165) is 17.2 Å². The molecule has 0 amide bonds. The molecule has 0 fully saturated rings. The van der Waals surface area contributed by atoms with Crippen LogP contribution in [0.2, 0.25) is 0 Å². The van der Waals surface area contributed by atoms with Crippen molar-refractivity contribution in [2.75, 3.05) is 5.73 Å². The van der Waals surface area contributed by atoms with Gasteiger partial charge in [0, 0.05) is 0 Å². The summed E-state index contributed by atoms with van der Waals surface area (Å²) in [6, 6.07) is 21.7. The first kappa shape index (κ1) is 16.8. The number of aromatic nitrogens is 2. The lowest BCUT2D eigenvalue weighted by atomic mass is 10.1. The zero-order chi connectivity index (χ0) is 18.6. The molecule has 0 aliphatic rings. The molecule has 5 heteroatoms. The summed E-state index contributed by atoms with van der Waals surface area (Å²) in [6.45, 7) is 2.11. The summed E-state index contributed by atoms with van der Waals surface area (Å²) in [5.74, 6) is 1.84. The van der Waals surface area contributed by atoms with Crippen LogP contribution in [0.1, 0.15) is 12.5 Å². The largest absolute Gasteiger partial charge is 0.437 e. The maximum absolute atomic E-state index is 6.17. The van der Waals surface area contributed by atoms with Gasteiger partial charge in [0.05, 0.1) is 0 Å². The number of ether oxygens (including phenoxy) is 2. The molecule has 0 atom stereocenters. The number of hydrogen-bond donors (Lipinski definition) is 1. The number of nitrogen functional groups attached to an aromatic ring is 1. The van der Waals surface area contributed by atoms with Crippen LogP contribution in [0.4, 0.5) is 5.69 Å². The molecule has 5 nitrogen and oxygen atoms in total. The number of aryl methyl sites for hydroxylation is 1. The minimum atomic E-state index is 0.255. The second kappa shape index (κ2) is 7.33. The highest BCUT2D eigenvalue weighted by Gasteiger charge is 2.13. The van der Waals surface area contributed by atoms with Gasteiger partial charge in [0.2, 0.25) is 11.8 Å². The molecule has 3 aromatic carbocycles. The Kier molecular flexibility index (Phi) is 4.58. The smallest absolute Gasteiger partial charge is 0.249 e. The summed E-state index contributed by atoms with van der Waals surface area (Å²) < 4.78 is 11.7. The highest BCUT2D eigenvalue weighted by molar-refractivity contribution is 5.83. The summed E-state index contributed by atoms with van der Waals surface area (Å²) >= 11 is 0. The summed E-state index contributed by atoms with van der Waals surface area (Å²) in [7, 11) is 0. The van der Waals surface area contributed by atoms with Crippen molar-refractivity contribution >= 4 is 16.5 Å². The van der Waals surface area contributed by atoms with Gasteiger partial charge in [-0.2, -0.15) is 9.97 Å². The molecule has 0 bridgehead atoms. The van der Waals surface area contributed by atoms with Crippen LogP contribution in [0, 0.1) is 0 Å². The number of benzene rings is 3. The fourth-order valence-electron chi connectivity index (χ4n) is 2.77. The van der Waals surface area contributed by atoms with E-state index >= 15 is 0 Å². The highest BCUT2D eigenvalue weighted by Crippen LogP contribution is 2.34. The topological polar surface area (TPSA) is 70.3 Å². The quantitative estimate of drug-likeness (QED) is 0.521. The van der Waals surface area contributed by atoms with Gasteiger partial charge in [-0.05, 0) is 47.0 Å². The SMILES string of the molecule is CCc1ccc(Oc2ncnc(Oc3ccc4ccccc4c3)c2N)cc1. The second-order valence-corrected chi connectivity index (χ2v) is 6.11. The molecule has 0 aliphatic heterocycles. The Balaban J connectivity index is 1.58. The Labute approximate surface area is 157 Å². The number of rotatable bonds is 5. The predicted octanol–water partition coefficient (Wildman–Crippen LogP) is 5.36. The van der Waals surface area contributed by atoms with Gasteiger partial charge in [-0.3, -0.25) is 0 Å². The minimum absolute atomic E-state index is 0.255. The van der Waals surface area contributed by atoms with Crippen molar-refractivity contribution in [3.63, 3.8) is 0 Å². The van der Waals surface area contributed by atoms with Crippen molar-refractivity contribution in [1.82, 2.24) is 9.97 Å². The Bertz CT molecular complexity index is 1080. The molecule has 0 saturated carbocycles. The van der Waals surface area contributed by atoms with E-state index in [1.165, 1.54) is 11.9 Å². The van der Waals surface area contributed by atoms with Gasteiger partial charge >= 0.3 is 0 Å². The Hall–Kier alpha value is -3.60. The standard InChI is InChI=1S/C22H19N3O2/c1-2-15-7-10-18(11-8-15)26-21-20(23)22(25-14-24-21)27-19-12-9-16-5-3-4-6-17(16)13-19/h3-14H,2,23H2,1H3. The molecule has 134 valence electrons. The number of fused-ring (bicyclic) bond motifs is 1. The Morgan fingerprint density at radius 3 is 2.11 bits per heavy atom. The van der Waals surface area contributed by atoms with Crippen molar-refractivity contribution in [2.24, 2.45) is 0 Å². The summed E-state index contributed by atoms with van der Waals surface area (Å²) in [5.41, 5.74) is 7.66. The number of anilines is 1. The molecular formula is C22H19N3O2. The van der Waals surface area contributed by atoms with Crippen LogP contribution in [0.15, 0.2) is 73.1 Å². The van der Waals surface area contributed by atoms with Gasteiger partial charge in [0.1, 0.15) is 17.8 Å². The third-order valence-corrected chi connectivity index (χ3v) is 4.29. The lowest BCUT2D eigenvalue weighted by Gasteiger charge is -2.11. The molecule has 4 rings (SSSR count). The van der Waals surface area contributed by atoms with Gasteiger partial charge in [0.15, 0.2) is 5.69 Å². The van der Waals surface area contributed by atoms with Crippen LogP contribution in [0.25, 0.3) is 10.8 Å². The first-order chi connectivity index (χ1) is 13.2. The minimum Gasteiger partial charge on any atom is -0.437 e. The molecule has 4 aromatic rings. The summed E-state index contributed by atoms with van der Waals surface area (Å²) in [4.78, 5) is 8.27. The van der Waals surface area contributed by atoms with E-state index in [9.17, 15) is 0 Å². The molecule has 0 radical (unpaired) electrons. The average molecular weight is 357 g/mol. The lowest BCUT2D eigenvalue weighted by Crippen LogP contribution is -2.00. The highest BCUT2D eigenvalue weighted by atomic mass is 16.5. The third kappa shape index (κ3) is 3.67. The van der Waals surface area contributed by atoms with Gasteiger partial charge < -0.3 is 15.2 Å². The van der Waals surface area contributed by atoms with Crippen molar-refractivity contribution in [2.45, 2.75) is 13.3 Å². The number of nitrogens with two attached hydrogens (primary N) is 1. The van der Waals surface area contributed by atoms with Gasteiger partial charge in [-0.1, -0.05) is 49.4 Å². The maximum atomic E-state index is 6.17. The predicted molar refractivity (Wildman–Crippen MR) is 106 cm³/mol. The molecule has 0 spiro atoms. The first-order valence-electron chi connectivity index (χ1n) is 8.77. The van der Waals surface area contributed by atoms with Gasteiger partial charge in [-0.15, -0.1) is 0 Å². The van der Waals surface area contributed by atoms with Gasteiger partial charge in [0.25, 0.3) is 0 Å². The molecule has 1 aromatic heterocycles. The lowest BCUT2D eigenvalue weighted by molar-refractivity contribution is 0.438. The first-order valence-corrected chi connectivity index (χ1v) is 8.77. The Morgan fingerprint density at radius 1 is 0.778 bits per heavy atom. The van der Waals surface area contributed by atoms with E-state index in [1.54, 1.807) is 0 Å². The van der Waals surface area contributed by atoms with E-state index in [4.69, 9.17) is 15.2 Å². The fraction of sp³-hybridized carbons (Fsp3) is 0.0909. The van der Waals surface area contributed by atoms with Crippen molar-refractivity contribution in [1.29, 1.82) is 0 Å². The molecule has 0 aliphatic carbocycles. The zero-order valence-corrected chi connectivity index (χ0v) is 14.9. The van der Waals surface area contributed by atoms with Crippen LogP contribution in [0.5, 0.6) is 23.3 Å². The Morgan fingerprint density at radius 2 is 1.41 bits per heavy atom. The van der Waals surface area contributed by atoms with Crippen LogP contribution in [-0.2, 0) is 6.42 Å². The third-order valence-electron chi connectivity index (χ3n) is 4.29. The molecule has 1 heterocycles. The fourth-order valence-corrected chi connectivity index (χ4v) is 2.77.